The van der Waals surface area contributed by atoms with Gasteiger partial charge in [-0.05, 0) is 13.0 Å². The molecule has 11 heavy (non-hydrogen) atoms. The Hall–Kier alpha value is -0.570. The zero-order valence-electron chi connectivity index (χ0n) is 6.25. The SMILES string of the molecule is [CH]C([CH])([CH])OC(=O)CCCN. The lowest BCUT2D eigenvalue weighted by Gasteiger charge is -2.17. The summed E-state index contributed by atoms with van der Waals surface area (Å²) in [5.41, 5.74) is 3.27. The molecular formula is C8H11NO2. The molecule has 0 aliphatic carbocycles. The van der Waals surface area contributed by atoms with Gasteiger partial charge in [-0.15, -0.1) is 0 Å². The van der Waals surface area contributed by atoms with Crippen molar-refractivity contribution in [3.8, 4) is 0 Å². The summed E-state index contributed by atoms with van der Waals surface area (Å²) >= 11 is 0. The van der Waals surface area contributed by atoms with Crippen LogP contribution >= 0.6 is 0 Å². The molecule has 0 aromatic carbocycles. The molecule has 0 aromatic heterocycles. The normalized spacial score (nSPS) is 11.3. The van der Waals surface area contributed by atoms with E-state index in [4.69, 9.17) is 26.5 Å². The van der Waals surface area contributed by atoms with Gasteiger partial charge in [-0.2, -0.15) is 0 Å². The molecule has 0 unspecified atom stereocenters. The minimum atomic E-state index is -1.87. The lowest BCUT2D eigenvalue weighted by Crippen LogP contribution is -2.25. The van der Waals surface area contributed by atoms with Gasteiger partial charge in [-0.3, -0.25) is 4.79 Å². The second-order valence-electron chi connectivity index (χ2n) is 2.22. The van der Waals surface area contributed by atoms with Gasteiger partial charge < -0.3 is 10.5 Å². The topological polar surface area (TPSA) is 52.3 Å². The quantitative estimate of drug-likeness (QED) is 0.584. The van der Waals surface area contributed by atoms with Crippen LogP contribution in [0.15, 0.2) is 0 Å². The molecule has 60 valence electrons. The molecule has 2 N–H and O–H groups in total. The van der Waals surface area contributed by atoms with Crippen molar-refractivity contribution in [1.29, 1.82) is 0 Å². The summed E-state index contributed by atoms with van der Waals surface area (Å²) < 4.78 is 4.38. The van der Waals surface area contributed by atoms with E-state index in [0.29, 0.717) is 13.0 Å². The molecular weight excluding hydrogens is 142 g/mol. The highest BCUT2D eigenvalue weighted by atomic mass is 16.6. The molecule has 0 aliphatic rings. The molecule has 0 saturated carbocycles. The molecule has 0 heterocycles. The lowest BCUT2D eigenvalue weighted by molar-refractivity contribution is -0.149. The Bertz CT molecular complexity index is 127. The fourth-order valence-electron chi connectivity index (χ4n) is 0.495. The van der Waals surface area contributed by atoms with Crippen molar-refractivity contribution in [2.75, 3.05) is 6.54 Å². The van der Waals surface area contributed by atoms with Crippen LogP contribution in [-0.2, 0) is 9.53 Å². The van der Waals surface area contributed by atoms with E-state index in [9.17, 15) is 4.79 Å². The van der Waals surface area contributed by atoms with Crippen LogP contribution in [-0.4, -0.2) is 18.1 Å². The molecule has 0 rings (SSSR count). The van der Waals surface area contributed by atoms with E-state index < -0.39 is 11.6 Å². The molecule has 0 fully saturated rings. The van der Waals surface area contributed by atoms with Crippen molar-refractivity contribution < 1.29 is 9.53 Å². The van der Waals surface area contributed by atoms with Gasteiger partial charge in [0, 0.05) is 27.2 Å². The fraction of sp³-hybridized carbons (Fsp3) is 0.500. The Kier molecular flexibility index (Phi) is 4.11. The van der Waals surface area contributed by atoms with Crippen molar-refractivity contribution in [3.05, 3.63) is 20.8 Å². The van der Waals surface area contributed by atoms with E-state index in [1.165, 1.54) is 0 Å². The molecule has 0 bridgehead atoms. The van der Waals surface area contributed by atoms with E-state index in [1.54, 1.807) is 0 Å². The molecule has 3 nitrogen and oxygen atoms in total. The summed E-state index contributed by atoms with van der Waals surface area (Å²) in [5.74, 6) is -0.539. The van der Waals surface area contributed by atoms with E-state index in [-0.39, 0.29) is 6.42 Å². The number of carbonyl (C=O) groups is 1. The highest BCUT2D eigenvalue weighted by Crippen LogP contribution is 2.06. The van der Waals surface area contributed by atoms with Gasteiger partial charge in [-0.1, -0.05) is 0 Å². The average Bonchev–Trinajstić information content (AvgIpc) is 1.79. The van der Waals surface area contributed by atoms with Crippen LogP contribution in [0.4, 0.5) is 0 Å². The summed E-state index contributed by atoms with van der Waals surface area (Å²) in [6.45, 7) is 15.4. The Morgan fingerprint density at radius 1 is 1.45 bits per heavy atom. The van der Waals surface area contributed by atoms with Gasteiger partial charge in [0.05, 0.1) is 0 Å². The van der Waals surface area contributed by atoms with Crippen molar-refractivity contribution in [3.63, 3.8) is 0 Å². The number of ether oxygens (including phenoxy) is 1. The van der Waals surface area contributed by atoms with Crippen LogP contribution in [0.25, 0.3) is 0 Å². The maximum absolute atomic E-state index is 10.7. The molecule has 6 radical (unpaired) electrons. The first kappa shape index (κ1) is 10.4. The number of esters is 1. The fourth-order valence-corrected chi connectivity index (χ4v) is 0.495. The Morgan fingerprint density at radius 2 is 2.00 bits per heavy atom. The van der Waals surface area contributed by atoms with Gasteiger partial charge in [-0.25, -0.2) is 0 Å². The minimum Gasteiger partial charge on any atom is -0.458 e. The summed E-state index contributed by atoms with van der Waals surface area (Å²) in [6, 6.07) is 0. The van der Waals surface area contributed by atoms with Crippen molar-refractivity contribution in [1.82, 2.24) is 0 Å². The maximum Gasteiger partial charge on any atom is 0.306 e. The van der Waals surface area contributed by atoms with Crippen LogP contribution in [0.3, 0.4) is 0 Å². The Labute approximate surface area is 67.9 Å². The smallest absolute Gasteiger partial charge is 0.306 e. The average molecular weight is 153 g/mol. The van der Waals surface area contributed by atoms with E-state index in [1.807, 2.05) is 0 Å². The van der Waals surface area contributed by atoms with E-state index in [2.05, 4.69) is 4.74 Å². The molecule has 0 saturated heterocycles. The third-order valence-electron chi connectivity index (χ3n) is 0.876. The van der Waals surface area contributed by atoms with Gasteiger partial charge in [0.25, 0.3) is 0 Å². The zero-order chi connectivity index (χ0) is 8.91. The molecule has 0 spiro atoms. The molecule has 0 aromatic rings. The molecule has 0 amide bonds. The standard InChI is InChI=1S/C8H11NO2/c1-8(2,3)11-7(10)5-4-6-9/h1-3H,4-6,9H2. The number of rotatable bonds is 4. The number of hydrogen-bond donors (Lipinski definition) is 1. The lowest BCUT2D eigenvalue weighted by atomic mass is 10.2. The minimum absolute atomic E-state index is 0.184. The van der Waals surface area contributed by atoms with Gasteiger partial charge in [0.15, 0.2) is 0 Å². The molecule has 3 heteroatoms. The predicted molar refractivity (Wildman–Crippen MR) is 40.0 cm³/mol. The second kappa shape index (κ2) is 4.34. The van der Waals surface area contributed by atoms with E-state index >= 15 is 0 Å². The maximum atomic E-state index is 10.7. The van der Waals surface area contributed by atoms with Gasteiger partial charge in [0.1, 0.15) is 5.60 Å². The van der Waals surface area contributed by atoms with Crippen LogP contribution in [0.1, 0.15) is 12.8 Å². The van der Waals surface area contributed by atoms with Crippen LogP contribution in [0, 0.1) is 20.8 Å². The van der Waals surface area contributed by atoms with Crippen LogP contribution in [0.5, 0.6) is 0 Å². The first-order valence-corrected chi connectivity index (χ1v) is 3.24. The van der Waals surface area contributed by atoms with Crippen molar-refractivity contribution >= 4 is 5.97 Å². The molecule has 0 aliphatic heterocycles. The number of nitrogens with two attached hydrogens (primary N) is 1. The van der Waals surface area contributed by atoms with Crippen molar-refractivity contribution in [2.45, 2.75) is 18.4 Å². The Balaban J connectivity index is 3.53. The van der Waals surface area contributed by atoms with Crippen LogP contribution < -0.4 is 5.73 Å². The zero-order valence-corrected chi connectivity index (χ0v) is 6.25. The first-order valence-electron chi connectivity index (χ1n) is 3.24. The highest BCUT2D eigenvalue weighted by molar-refractivity contribution is 5.70. The van der Waals surface area contributed by atoms with Crippen LogP contribution in [0.2, 0.25) is 0 Å². The monoisotopic (exact) mass is 153 g/mol. The Morgan fingerprint density at radius 3 is 2.36 bits per heavy atom. The van der Waals surface area contributed by atoms with Crippen molar-refractivity contribution in [2.24, 2.45) is 5.73 Å². The predicted octanol–water partition coefficient (Wildman–Crippen LogP) is 0.141. The third kappa shape index (κ3) is 7.33. The molecule has 0 atom stereocenters. The summed E-state index contributed by atoms with van der Waals surface area (Å²) in [4.78, 5) is 10.7. The number of carbonyl (C=O) groups excluding carboxylic acids is 1. The highest BCUT2D eigenvalue weighted by Gasteiger charge is 2.16. The third-order valence-corrected chi connectivity index (χ3v) is 0.876. The first-order chi connectivity index (χ1) is 4.95. The summed E-state index contributed by atoms with van der Waals surface area (Å²) in [6.07, 6.45) is 0.721. The van der Waals surface area contributed by atoms with E-state index in [0.717, 1.165) is 0 Å². The summed E-state index contributed by atoms with van der Waals surface area (Å²) in [5, 5.41) is 0. The number of hydrogen-bond acceptors (Lipinski definition) is 3. The summed E-state index contributed by atoms with van der Waals surface area (Å²) in [7, 11) is 0. The van der Waals surface area contributed by atoms with Gasteiger partial charge >= 0.3 is 5.97 Å². The largest absolute Gasteiger partial charge is 0.458 e. The van der Waals surface area contributed by atoms with Gasteiger partial charge in [0.2, 0.25) is 0 Å². The second-order valence-corrected chi connectivity index (χ2v) is 2.22.